The van der Waals surface area contributed by atoms with E-state index in [1.807, 2.05) is 19.1 Å². The van der Waals surface area contributed by atoms with E-state index in [0.29, 0.717) is 22.7 Å². The number of anilines is 1. The monoisotopic (exact) mass is 268 g/mol. The quantitative estimate of drug-likeness (QED) is 0.713. The topological polar surface area (TPSA) is 48.1 Å². The summed E-state index contributed by atoms with van der Waals surface area (Å²) in [6, 6.07) is 11.7. The van der Waals surface area contributed by atoms with Gasteiger partial charge in [0.05, 0.1) is 11.2 Å². The van der Waals surface area contributed by atoms with Gasteiger partial charge < -0.3 is 10.5 Å². The Labute approximate surface area is 115 Å². The predicted octanol–water partition coefficient (Wildman–Crippen LogP) is 4.06. The van der Waals surface area contributed by atoms with Gasteiger partial charge in [0, 0.05) is 17.6 Å². The number of rotatable bonds is 2. The van der Waals surface area contributed by atoms with Crippen LogP contribution in [0.1, 0.15) is 5.56 Å². The fourth-order valence-corrected chi connectivity index (χ4v) is 2.06. The maximum atomic E-state index is 13.3. The van der Waals surface area contributed by atoms with E-state index in [-0.39, 0.29) is 5.82 Å². The second-order valence-electron chi connectivity index (χ2n) is 4.56. The van der Waals surface area contributed by atoms with Gasteiger partial charge in [-0.25, -0.2) is 4.39 Å². The molecule has 1 heterocycles. The highest BCUT2D eigenvalue weighted by atomic mass is 19.1. The van der Waals surface area contributed by atoms with Gasteiger partial charge in [0.25, 0.3) is 0 Å². The third kappa shape index (κ3) is 2.16. The number of aromatic nitrogens is 1. The van der Waals surface area contributed by atoms with Gasteiger partial charge in [-0.3, -0.25) is 4.98 Å². The summed E-state index contributed by atoms with van der Waals surface area (Å²) in [6.07, 6.45) is 1.63. The van der Waals surface area contributed by atoms with Gasteiger partial charge in [0.1, 0.15) is 17.3 Å². The van der Waals surface area contributed by atoms with Crippen LogP contribution in [0.5, 0.6) is 11.5 Å². The van der Waals surface area contributed by atoms with Crippen molar-refractivity contribution in [1.82, 2.24) is 4.98 Å². The highest BCUT2D eigenvalue weighted by Gasteiger charge is 2.08. The number of nitrogens with zero attached hydrogens (tertiary/aromatic N) is 1. The lowest BCUT2D eigenvalue weighted by Gasteiger charge is -2.11. The van der Waals surface area contributed by atoms with Crippen molar-refractivity contribution in [2.24, 2.45) is 0 Å². The first-order valence-electron chi connectivity index (χ1n) is 6.22. The van der Waals surface area contributed by atoms with Gasteiger partial charge in [-0.2, -0.15) is 0 Å². The summed E-state index contributed by atoms with van der Waals surface area (Å²) in [5.41, 5.74) is 8.02. The zero-order chi connectivity index (χ0) is 14.1. The lowest BCUT2D eigenvalue weighted by molar-refractivity contribution is 0.478. The predicted molar refractivity (Wildman–Crippen MR) is 77.4 cm³/mol. The molecule has 0 radical (unpaired) electrons. The Morgan fingerprint density at radius 3 is 2.80 bits per heavy atom. The Bertz CT molecular complexity index is 787. The van der Waals surface area contributed by atoms with Crippen LogP contribution in [-0.2, 0) is 0 Å². The van der Waals surface area contributed by atoms with Crippen LogP contribution in [0.3, 0.4) is 0 Å². The summed E-state index contributed by atoms with van der Waals surface area (Å²) >= 11 is 0. The minimum atomic E-state index is -0.330. The van der Waals surface area contributed by atoms with Crippen LogP contribution in [-0.4, -0.2) is 4.98 Å². The highest BCUT2D eigenvalue weighted by molar-refractivity contribution is 5.93. The van der Waals surface area contributed by atoms with Crippen molar-refractivity contribution in [3.8, 4) is 11.5 Å². The van der Waals surface area contributed by atoms with Gasteiger partial charge in [0.2, 0.25) is 0 Å². The smallest absolute Gasteiger partial charge is 0.138 e. The number of ether oxygens (including phenoxy) is 1. The largest absolute Gasteiger partial charge is 0.456 e. The number of hydrogen-bond acceptors (Lipinski definition) is 3. The highest BCUT2D eigenvalue weighted by Crippen LogP contribution is 2.32. The van der Waals surface area contributed by atoms with E-state index in [1.165, 1.54) is 12.1 Å². The van der Waals surface area contributed by atoms with Crippen molar-refractivity contribution in [3.63, 3.8) is 0 Å². The lowest BCUT2D eigenvalue weighted by atomic mass is 10.1. The molecule has 4 heteroatoms. The summed E-state index contributed by atoms with van der Waals surface area (Å²) in [6.45, 7) is 1.87. The molecule has 20 heavy (non-hydrogen) atoms. The molecule has 2 N–H and O–H groups in total. The van der Waals surface area contributed by atoms with Crippen LogP contribution >= 0.6 is 0 Å². The van der Waals surface area contributed by atoms with Crippen molar-refractivity contribution in [2.45, 2.75) is 6.92 Å². The molecule has 0 unspecified atom stereocenters. The number of para-hydroxylation sites is 1. The average Bonchev–Trinajstić information content (AvgIpc) is 2.44. The third-order valence-corrected chi connectivity index (χ3v) is 3.13. The number of aryl methyl sites for hydroxylation is 1. The summed E-state index contributed by atoms with van der Waals surface area (Å²) in [7, 11) is 0. The van der Waals surface area contributed by atoms with Crippen molar-refractivity contribution in [3.05, 3.63) is 60.0 Å². The normalized spacial score (nSPS) is 10.7. The molecule has 0 atom stereocenters. The summed E-state index contributed by atoms with van der Waals surface area (Å²) in [4.78, 5) is 4.24. The number of halogens is 1. The molecule has 0 saturated carbocycles. The van der Waals surface area contributed by atoms with Crippen LogP contribution in [0.4, 0.5) is 10.1 Å². The van der Waals surface area contributed by atoms with Crippen LogP contribution in [0.25, 0.3) is 10.9 Å². The molecule has 3 nitrogen and oxygen atoms in total. The molecular formula is C16H13FN2O. The van der Waals surface area contributed by atoms with Crippen molar-refractivity contribution >= 4 is 16.6 Å². The maximum absolute atomic E-state index is 13.3. The fourth-order valence-electron chi connectivity index (χ4n) is 2.06. The van der Waals surface area contributed by atoms with Gasteiger partial charge in [-0.15, -0.1) is 0 Å². The summed E-state index contributed by atoms with van der Waals surface area (Å²) in [5, 5.41) is 0.802. The Morgan fingerprint density at radius 2 is 1.95 bits per heavy atom. The van der Waals surface area contributed by atoms with Crippen molar-refractivity contribution in [1.29, 1.82) is 0 Å². The van der Waals surface area contributed by atoms with E-state index in [1.54, 1.807) is 24.4 Å². The maximum Gasteiger partial charge on any atom is 0.138 e. The number of fused-ring (bicyclic) bond motifs is 1. The molecule has 0 saturated heterocycles. The number of nitrogens with two attached hydrogens (primary N) is 1. The molecule has 1 aromatic heterocycles. The summed E-state index contributed by atoms with van der Waals surface area (Å²) in [5.74, 6) is 0.763. The van der Waals surface area contributed by atoms with Gasteiger partial charge in [-0.05, 0) is 36.8 Å². The number of nitrogen functional groups attached to an aromatic ring is 1. The molecule has 0 amide bonds. The van der Waals surface area contributed by atoms with E-state index in [0.717, 1.165) is 10.9 Å². The molecule has 0 fully saturated rings. The van der Waals surface area contributed by atoms with Gasteiger partial charge in [-0.1, -0.05) is 12.1 Å². The summed E-state index contributed by atoms with van der Waals surface area (Å²) < 4.78 is 19.1. The van der Waals surface area contributed by atoms with E-state index >= 15 is 0 Å². The zero-order valence-electron chi connectivity index (χ0n) is 10.9. The fraction of sp³-hybridized carbons (Fsp3) is 0.0625. The van der Waals surface area contributed by atoms with Crippen LogP contribution in [0, 0.1) is 12.7 Å². The minimum absolute atomic E-state index is 0.330. The van der Waals surface area contributed by atoms with Crippen LogP contribution in [0.15, 0.2) is 48.7 Å². The molecule has 0 bridgehead atoms. The van der Waals surface area contributed by atoms with Crippen LogP contribution < -0.4 is 10.5 Å². The standard InChI is InChI=1S/C16H13FN2O/c1-10-5-6-11(17)9-15(10)20-14-7-8-19-16-12(14)3-2-4-13(16)18/h2-9H,18H2,1H3. The first-order chi connectivity index (χ1) is 9.65. The number of pyridine rings is 1. The molecule has 3 rings (SSSR count). The molecular weight excluding hydrogens is 255 g/mol. The van der Waals surface area contributed by atoms with Crippen molar-refractivity contribution in [2.75, 3.05) is 5.73 Å². The Morgan fingerprint density at radius 1 is 1.10 bits per heavy atom. The van der Waals surface area contributed by atoms with E-state index < -0.39 is 0 Å². The van der Waals surface area contributed by atoms with E-state index in [2.05, 4.69) is 4.98 Å². The Kier molecular flexibility index (Phi) is 2.99. The van der Waals surface area contributed by atoms with E-state index in [9.17, 15) is 4.39 Å². The number of hydrogen-bond donors (Lipinski definition) is 1. The van der Waals surface area contributed by atoms with Gasteiger partial charge >= 0.3 is 0 Å². The van der Waals surface area contributed by atoms with Crippen molar-refractivity contribution < 1.29 is 9.13 Å². The second-order valence-corrected chi connectivity index (χ2v) is 4.56. The SMILES string of the molecule is Cc1ccc(F)cc1Oc1ccnc2c(N)cccc12. The molecule has 0 aliphatic heterocycles. The third-order valence-electron chi connectivity index (χ3n) is 3.13. The first-order valence-corrected chi connectivity index (χ1v) is 6.22. The zero-order valence-corrected chi connectivity index (χ0v) is 10.9. The lowest BCUT2D eigenvalue weighted by Crippen LogP contribution is -1.93. The molecule has 0 aliphatic carbocycles. The minimum Gasteiger partial charge on any atom is -0.456 e. The molecule has 0 aliphatic rings. The number of benzene rings is 2. The first kappa shape index (κ1) is 12.4. The Balaban J connectivity index is 2.11. The molecule has 0 spiro atoms. The average molecular weight is 268 g/mol. The van der Waals surface area contributed by atoms with Crippen LogP contribution in [0.2, 0.25) is 0 Å². The second kappa shape index (κ2) is 4.81. The molecule has 3 aromatic rings. The molecule has 100 valence electrons. The van der Waals surface area contributed by atoms with E-state index in [4.69, 9.17) is 10.5 Å². The molecule has 2 aromatic carbocycles. The van der Waals surface area contributed by atoms with Gasteiger partial charge in [0.15, 0.2) is 0 Å². The Hall–Kier alpha value is -2.62.